The molecule has 2 amide bonds. The van der Waals surface area contributed by atoms with Crippen LogP contribution >= 0.6 is 23.1 Å². The number of fused-ring (bicyclic) bond motifs is 1. The molecule has 1 N–H and O–H groups in total. The minimum atomic E-state index is -0.425. The highest BCUT2D eigenvalue weighted by molar-refractivity contribution is 8.14. The number of aliphatic imine (C=N–C) groups is 1. The molecule has 0 saturated heterocycles. The maximum absolute atomic E-state index is 13.0. The molecule has 0 aromatic carbocycles. The molecule has 4 rings (SSSR count). The molecule has 2 aromatic rings. The number of hydrogen-bond acceptors (Lipinski definition) is 8. The quantitative estimate of drug-likeness (QED) is 0.445. The number of thioether (sulfide) groups is 1. The van der Waals surface area contributed by atoms with Crippen molar-refractivity contribution in [3.05, 3.63) is 39.7 Å². The summed E-state index contributed by atoms with van der Waals surface area (Å²) in [6.45, 7) is 4.55. The van der Waals surface area contributed by atoms with Crippen molar-refractivity contribution in [2.45, 2.75) is 39.5 Å². The molecule has 1 aliphatic heterocycles. The smallest absolute Gasteiger partial charge is 0.341 e. The molecule has 2 aliphatic rings. The Morgan fingerprint density at radius 2 is 2.09 bits per heavy atom. The zero-order chi connectivity index (χ0) is 25.1. The molecular weight excluding hydrogens is 486 g/mol. The van der Waals surface area contributed by atoms with E-state index in [2.05, 4.69) is 15.4 Å². The zero-order valence-electron chi connectivity index (χ0n) is 20.3. The van der Waals surface area contributed by atoms with Gasteiger partial charge in [-0.3, -0.25) is 19.2 Å². The molecule has 3 heterocycles. The van der Waals surface area contributed by atoms with E-state index in [0.717, 1.165) is 41.7 Å². The van der Waals surface area contributed by atoms with Crippen molar-refractivity contribution in [1.29, 1.82) is 0 Å². The van der Waals surface area contributed by atoms with Gasteiger partial charge in [-0.05, 0) is 43.2 Å². The molecule has 0 radical (unpaired) electrons. The molecule has 11 heteroatoms. The molecule has 0 spiro atoms. The minimum Gasteiger partial charge on any atom is -0.465 e. The lowest BCUT2D eigenvalue weighted by Gasteiger charge is -2.19. The number of rotatable bonds is 7. The van der Waals surface area contributed by atoms with E-state index in [0.29, 0.717) is 28.0 Å². The fraction of sp³-hybridized carbons (Fsp3) is 0.458. The van der Waals surface area contributed by atoms with E-state index in [9.17, 15) is 14.4 Å². The highest BCUT2D eigenvalue weighted by Gasteiger charge is 2.32. The summed E-state index contributed by atoms with van der Waals surface area (Å²) in [7, 11) is 3.16. The Bertz CT molecular complexity index is 1210. The van der Waals surface area contributed by atoms with Crippen molar-refractivity contribution in [2.75, 3.05) is 24.7 Å². The van der Waals surface area contributed by atoms with Crippen molar-refractivity contribution in [1.82, 2.24) is 14.7 Å². The lowest BCUT2D eigenvalue weighted by atomic mass is 9.95. The van der Waals surface area contributed by atoms with Gasteiger partial charge in [0.25, 0.3) is 5.91 Å². The normalized spacial score (nSPS) is 16.6. The van der Waals surface area contributed by atoms with Gasteiger partial charge in [0.2, 0.25) is 5.91 Å². The highest BCUT2D eigenvalue weighted by Crippen LogP contribution is 2.38. The van der Waals surface area contributed by atoms with Crippen molar-refractivity contribution in [3.8, 4) is 0 Å². The number of amides is 2. The van der Waals surface area contributed by atoms with Crippen LogP contribution in [0.1, 0.15) is 53.1 Å². The van der Waals surface area contributed by atoms with Gasteiger partial charge in [-0.25, -0.2) is 9.79 Å². The Labute approximate surface area is 212 Å². The number of ether oxygens (including phenoxy) is 1. The first-order valence-corrected chi connectivity index (χ1v) is 13.3. The second kappa shape index (κ2) is 10.8. The van der Waals surface area contributed by atoms with Gasteiger partial charge >= 0.3 is 5.97 Å². The first-order chi connectivity index (χ1) is 16.8. The number of anilines is 1. The number of hydrogen-bond donors (Lipinski definition) is 1. The Kier molecular flexibility index (Phi) is 7.75. The molecule has 0 saturated carbocycles. The molecule has 9 nitrogen and oxygen atoms in total. The molecule has 0 unspecified atom stereocenters. The van der Waals surface area contributed by atoms with E-state index >= 15 is 0 Å². The number of aryl methyl sites for hydroxylation is 2. The van der Waals surface area contributed by atoms with E-state index in [4.69, 9.17) is 4.74 Å². The lowest BCUT2D eigenvalue weighted by Crippen LogP contribution is -2.34. The maximum Gasteiger partial charge on any atom is 0.341 e. The number of nitrogens with zero attached hydrogens (tertiary/aromatic N) is 4. The van der Waals surface area contributed by atoms with Crippen LogP contribution in [-0.4, -0.2) is 57.0 Å². The Balaban J connectivity index is 1.49. The number of nitrogens with one attached hydrogen (secondary N) is 1. The molecule has 0 bridgehead atoms. The summed E-state index contributed by atoms with van der Waals surface area (Å²) in [5, 5.41) is 8.06. The molecule has 186 valence electrons. The topological polar surface area (TPSA) is 106 Å². The first-order valence-electron chi connectivity index (χ1n) is 11.5. The molecule has 2 aromatic heterocycles. The van der Waals surface area contributed by atoms with Crippen LogP contribution in [0.5, 0.6) is 0 Å². The molecular formula is C24H29N5O4S2. The van der Waals surface area contributed by atoms with Crippen LogP contribution in [0.3, 0.4) is 0 Å². The third-order valence-corrected chi connectivity index (χ3v) is 7.82. The van der Waals surface area contributed by atoms with Gasteiger partial charge in [0.1, 0.15) is 10.7 Å². The summed E-state index contributed by atoms with van der Waals surface area (Å²) in [6, 6.07) is 0. The van der Waals surface area contributed by atoms with Gasteiger partial charge in [0, 0.05) is 30.2 Å². The van der Waals surface area contributed by atoms with Gasteiger partial charge < -0.3 is 10.1 Å². The third kappa shape index (κ3) is 5.67. The number of methoxy groups -OCH3 is 1. The van der Waals surface area contributed by atoms with Crippen molar-refractivity contribution in [2.24, 2.45) is 18.0 Å². The van der Waals surface area contributed by atoms with Crippen LogP contribution in [-0.2, 0) is 34.2 Å². The lowest BCUT2D eigenvalue weighted by molar-refractivity contribution is -0.123. The largest absolute Gasteiger partial charge is 0.465 e. The summed E-state index contributed by atoms with van der Waals surface area (Å²) in [6.07, 6.45) is 8.99. The van der Waals surface area contributed by atoms with E-state index in [1.165, 1.54) is 30.2 Å². The molecule has 0 atom stereocenters. The fourth-order valence-electron chi connectivity index (χ4n) is 4.10. The van der Waals surface area contributed by atoms with E-state index in [-0.39, 0.29) is 23.5 Å². The molecule has 0 fully saturated rings. The number of amidine groups is 1. The maximum atomic E-state index is 13.0. The number of esters is 1. The van der Waals surface area contributed by atoms with Crippen LogP contribution in [0.15, 0.2) is 23.1 Å². The predicted octanol–water partition coefficient (Wildman–Crippen LogP) is 3.71. The predicted molar refractivity (Wildman–Crippen MR) is 139 cm³/mol. The number of aromatic nitrogens is 2. The Morgan fingerprint density at radius 3 is 2.77 bits per heavy atom. The van der Waals surface area contributed by atoms with Gasteiger partial charge in [-0.1, -0.05) is 25.6 Å². The van der Waals surface area contributed by atoms with Crippen LogP contribution in [0, 0.1) is 5.92 Å². The number of thiophene rings is 1. The van der Waals surface area contributed by atoms with E-state index in [1.54, 1.807) is 28.1 Å². The van der Waals surface area contributed by atoms with Gasteiger partial charge in [0.15, 0.2) is 5.17 Å². The summed E-state index contributed by atoms with van der Waals surface area (Å²) in [5.74, 6) is -0.584. The summed E-state index contributed by atoms with van der Waals surface area (Å²) in [4.78, 5) is 45.6. The Hall–Kier alpha value is -2.92. The van der Waals surface area contributed by atoms with Gasteiger partial charge in [0.05, 0.1) is 24.6 Å². The second-order valence-corrected chi connectivity index (χ2v) is 11.0. The molecule has 1 aliphatic carbocycles. The summed E-state index contributed by atoms with van der Waals surface area (Å²) < 4.78 is 6.64. The van der Waals surface area contributed by atoms with Crippen LogP contribution < -0.4 is 5.32 Å². The number of carbonyl (C=O) groups is 3. The van der Waals surface area contributed by atoms with Crippen molar-refractivity contribution in [3.63, 3.8) is 0 Å². The molecule has 35 heavy (non-hydrogen) atoms. The van der Waals surface area contributed by atoms with Crippen LogP contribution in [0.4, 0.5) is 5.00 Å². The standard InChI is InChI=1S/C24H29N5O4S2/c1-14(2)11-29-22(31)17(9-15-10-25-28(3)12-15)26-24(29)34-13-19(30)27-21-20(23(32)33-4)16-7-5-6-8-18(16)35-21/h9-10,12,14H,5-8,11,13H2,1-4H3,(H,27,30)/b17-9+. The van der Waals surface area contributed by atoms with Crippen LogP contribution in [0.2, 0.25) is 0 Å². The van der Waals surface area contributed by atoms with E-state index in [1.807, 2.05) is 20.9 Å². The first kappa shape index (κ1) is 25.2. The SMILES string of the molecule is COC(=O)c1c(NC(=O)CSC2=N/C(=C/c3cnn(C)c3)C(=O)N2CC(C)C)sc2c1CCCC2. The third-order valence-electron chi connectivity index (χ3n) is 5.63. The van der Waals surface area contributed by atoms with Gasteiger partial charge in [-0.15, -0.1) is 11.3 Å². The zero-order valence-corrected chi connectivity index (χ0v) is 21.9. The van der Waals surface area contributed by atoms with Crippen molar-refractivity contribution >= 4 is 57.1 Å². The van der Waals surface area contributed by atoms with E-state index < -0.39 is 5.97 Å². The average molecular weight is 516 g/mol. The van der Waals surface area contributed by atoms with Crippen LogP contribution in [0.25, 0.3) is 6.08 Å². The highest BCUT2D eigenvalue weighted by atomic mass is 32.2. The summed E-state index contributed by atoms with van der Waals surface area (Å²) in [5.41, 5.74) is 2.57. The average Bonchev–Trinajstić information content (AvgIpc) is 3.48. The monoisotopic (exact) mass is 515 g/mol. The summed E-state index contributed by atoms with van der Waals surface area (Å²) >= 11 is 2.66. The van der Waals surface area contributed by atoms with Gasteiger partial charge in [-0.2, -0.15) is 5.10 Å². The van der Waals surface area contributed by atoms with Crippen molar-refractivity contribution < 1.29 is 19.1 Å². The second-order valence-electron chi connectivity index (χ2n) is 8.92. The fourth-order valence-corrected chi connectivity index (χ4v) is 6.21. The minimum absolute atomic E-state index is 0.0596. The number of carbonyl (C=O) groups excluding carboxylic acids is 3. The Morgan fingerprint density at radius 1 is 1.31 bits per heavy atom.